The number of carbonyl (C=O) groups excluding carboxylic acids is 1. The van der Waals surface area contributed by atoms with Crippen molar-refractivity contribution in [1.82, 2.24) is 4.90 Å². The van der Waals surface area contributed by atoms with Crippen LogP contribution in [0.3, 0.4) is 0 Å². The van der Waals surface area contributed by atoms with E-state index in [1.807, 2.05) is 0 Å². The number of amides is 1. The van der Waals surface area contributed by atoms with Crippen molar-refractivity contribution in [2.45, 2.75) is 0 Å². The van der Waals surface area contributed by atoms with Crippen LogP contribution in [-0.4, -0.2) is 23.5 Å². The van der Waals surface area contributed by atoms with E-state index >= 15 is 0 Å². The first-order valence-electron chi connectivity index (χ1n) is 2.46. The third kappa shape index (κ3) is 4.61. The SMILES string of the molecule is CN(C=O)/C=C\C=C\O. The van der Waals surface area contributed by atoms with Crippen molar-refractivity contribution in [3.63, 3.8) is 0 Å². The Kier molecular flexibility index (Phi) is 4.22. The average molecular weight is 127 g/mol. The van der Waals surface area contributed by atoms with E-state index in [9.17, 15) is 4.79 Å². The first-order chi connectivity index (χ1) is 4.31. The molecule has 0 aliphatic heterocycles. The van der Waals surface area contributed by atoms with Gasteiger partial charge in [-0.05, 0) is 12.2 Å². The smallest absolute Gasteiger partial charge is 0.213 e. The number of allylic oxidation sites excluding steroid dienone is 2. The van der Waals surface area contributed by atoms with Gasteiger partial charge in [-0.1, -0.05) is 0 Å². The third-order valence-electron chi connectivity index (χ3n) is 0.685. The molecule has 0 rings (SSSR count). The topological polar surface area (TPSA) is 40.5 Å². The Morgan fingerprint density at radius 2 is 2.11 bits per heavy atom. The Hall–Kier alpha value is -1.25. The van der Waals surface area contributed by atoms with Gasteiger partial charge in [0.2, 0.25) is 6.41 Å². The first kappa shape index (κ1) is 7.75. The molecule has 0 saturated carbocycles. The zero-order chi connectivity index (χ0) is 7.11. The summed E-state index contributed by atoms with van der Waals surface area (Å²) in [6, 6.07) is 0. The molecule has 0 fully saturated rings. The molecule has 0 aromatic rings. The maximum atomic E-state index is 9.89. The summed E-state index contributed by atoms with van der Waals surface area (Å²) in [6.45, 7) is 0. The van der Waals surface area contributed by atoms with Crippen LogP contribution in [0.2, 0.25) is 0 Å². The van der Waals surface area contributed by atoms with Crippen molar-refractivity contribution in [1.29, 1.82) is 0 Å². The molecule has 0 aromatic carbocycles. The maximum Gasteiger partial charge on any atom is 0.213 e. The van der Waals surface area contributed by atoms with E-state index in [0.717, 1.165) is 6.26 Å². The van der Waals surface area contributed by atoms with Gasteiger partial charge in [0.25, 0.3) is 0 Å². The number of hydrogen-bond acceptors (Lipinski definition) is 2. The summed E-state index contributed by atoms with van der Waals surface area (Å²) < 4.78 is 0. The van der Waals surface area contributed by atoms with Gasteiger partial charge in [-0.2, -0.15) is 0 Å². The van der Waals surface area contributed by atoms with Gasteiger partial charge in [-0.15, -0.1) is 0 Å². The Bertz CT molecular complexity index is 129. The van der Waals surface area contributed by atoms with Gasteiger partial charge >= 0.3 is 0 Å². The van der Waals surface area contributed by atoms with E-state index in [0.29, 0.717) is 6.41 Å². The second-order valence-electron chi connectivity index (χ2n) is 1.45. The molecule has 3 heteroatoms. The number of aliphatic hydroxyl groups is 1. The lowest BCUT2D eigenvalue weighted by Crippen LogP contribution is -2.05. The standard InChI is InChI=1S/C6H9NO2/c1-7(6-9)4-2-3-5-8/h2-6,8H,1H3/b4-2-,5-3+. The van der Waals surface area contributed by atoms with Gasteiger partial charge in [-0.3, -0.25) is 4.79 Å². The summed E-state index contributed by atoms with van der Waals surface area (Å²) in [6.07, 6.45) is 6.06. The quantitative estimate of drug-likeness (QED) is 0.343. The molecule has 0 unspecified atom stereocenters. The van der Waals surface area contributed by atoms with Gasteiger partial charge in [0.05, 0.1) is 6.26 Å². The minimum atomic E-state index is 0.668. The Morgan fingerprint density at radius 3 is 2.56 bits per heavy atom. The molecule has 0 bridgehead atoms. The molecular formula is C6H9NO2. The molecule has 0 aliphatic carbocycles. The van der Waals surface area contributed by atoms with Crippen LogP contribution in [0, 0.1) is 0 Å². The predicted octanol–water partition coefficient (Wildman–Crippen LogP) is 0.660. The predicted molar refractivity (Wildman–Crippen MR) is 34.7 cm³/mol. The zero-order valence-electron chi connectivity index (χ0n) is 5.19. The second-order valence-corrected chi connectivity index (χ2v) is 1.45. The van der Waals surface area contributed by atoms with E-state index < -0.39 is 0 Å². The molecule has 50 valence electrons. The van der Waals surface area contributed by atoms with Crippen LogP contribution in [0.4, 0.5) is 0 Å². The monoisotopic (exact) mass is 127 g/mol. The van der Waals surface area contributed by atoms with Gasteiger partial charge < -0.3 is 10.0 Å². The van der Waals surface area contributed by atoms with E-state index in [1.54, 1.807) is 13.1 Å². The van der Waals surface area contributed by atoms with Crippen LogP contribution < -0.4 is 0 Å². The van der Waals surface area contributed by atoms with Gasteiger partial charge in [0, 0.05) is 13.2 Å². The number of aliphatic hydroxyl groups excluding tert-OH is 1. The van der Waals surface area contributed by atoms with Crippen molar-refractivity contribution in [3.05, 3.63) is 24.6 Å². The fourth-order valence-corrected chi connectivity index (χ4v) is 0.270. The van der Waals surface area contributed by atoms with Crippen molar-refractivity contribution in [3.8, 4) is 0 Å². The van der Waals surface area contributed by atoms with Crippen molar-refractivity contribution in [2.75, 3.05) is 7.05 Å². The molecule has 9 heavy (non-hydrogen) atoms. The molecule has 0 spiro atoms. The largest absolute Gasteiger partial charge is 0.516 e. The minimum absolute atomic E-state index is 0.668. The average Bonchev–Trinajstić information content (AvgIpc) is 1.89. The molecule has 0 atom stereocenters. The highest BCUT2D eigenvalue weighted by molar-refractivity contribution is 5.48. The summed E-state index contributed by atoms with van der Waals surface area (Å²) in [5.41, 5.74) is 0. The highest BCUT2D eigenvalue weighted by Crippen LogP contribution is 1.78. The summed E-state index contributed by atoms with van der Waals surface area (Å²) in [5, 5.41) is 8.11. The second kappa shape index (κ2) is 4.90. The molecular weight excluding hydrogens is 118 g/mol. The Balaban J connectivity index is 3.55. The minimum Gasteiger partial charge on any atom is -0.516 e. The Morgan fingerprint density at radius 1 is 1.44 bits per heavy atom. The third-order valence-corrected chi connectivity index (χ3v) is 0.685. The van der Waals surface area contributed by atoms with Crippen molar-refractivity contribution < 1.29 is 9.90 Å². The number of rotatable bonds is 3. The molecule has 1 amide bonds. The summed E-state index contributed by atoms with van der Waals surface area (Å²) in [7, 11) is 1.61. The first-order valence-corrected chi connectivity index (χ1v) is 2.46. The van der Waals surface area contributed by atoms with Crippen LogP contribution >= 0.6 is 0 Å². The summed E-state index contributed by atoms with van der Waals surface area (Å²) in [5.74, 6) is 0. The van der Waals surface area contributed by atoms with E-state index in [4.69, 9.17) is 5.11 Å². The number of hydrogen-bond donors (Lipinski definition) is 1. The van der Waals surface area contributed by atoms with Gasteiger partial charge in [0.1, 0.15) is 0 Å². The molecule has 0 radical (unpaired) electrons. The van der Waals surface area contributed by atoms with Crippen LogP contribution in [0.15, 0.2) is 24.6 Å². The molecule has 0 aromatic heterocycles. The van der Waals surface area contributed by atoms with Crippen LogP contribution in [0.5, 0.6) is 0 Å². The Labute approximate surface area is 53.9 Å². The van der Waals surface area contributed by atoms with Crippen molar-refractivity contribution >= 4 is 6.41 Å². The van der Waals surface area contributed by atoms with E-state index in [-0.39, 0.29) is 0 Å². The van der Waals surface area contributed by atoms with Crippen LogP contribution in [0.25, 0.3) is 0 Å². The fraction of sp³-hybridized carbons (Fsp3) is 0.167. The van der Waals surface area contributed by atoms with Crippen LogP contribution in [0.1, 0.15) is 0 Å². The molecule has 0 saturated heterocycles. The van der Waals surface area contributed by atoms with Gasteiger partial charge in [0.15, 0.2) is 0 Å². The normalized spacial score (nSPS) is 10.8. The lowest BCUT2D eigenvalue weighted by atomic mass is 10.6. The number of carbonyl (C=O) groups is 1. The highest BCUT2D eigenvalue weighted by atomic mass is 16.2. The zero-order valence-corrected chi connectivity index (χ0v) is 5.19. The van der Waals surface area contributed by atoms with E-state index in [2.05, 4.69) is 0 Å². The highest BCUT2D eigenvalue weighted by Gasteiger charge is 1.77. The van der Waals surface area contributed by atoms with E-state index in [1.165, 1.54) is 17.2 Å². The molecule has 0 heterocycles. The summed E-state index contributed by atoms with van der Waals surface area (Å²) >= 11 is 0. The molecule has 0 aliphatic rings. The summed E-state index contributed by atoms with van der Waals surface area (Å²) in [4.78, 5) is 11.2. The molecule has 3 nitrogen and oxygen atoms in total. The lowest BCUT2D eigenvalue weighted by Gasteiger charge is -1.98. The molecule has 1 N–H and O–H groups in total. The maximum absolute atomic E-state index is 9.89. The number of nitrogens with zero attached hydrogens (tertiary/aromatic N) is 1. The fourth-order valence-electron chi connectivity index (χ4n) is 0.270. The van der Waals surface area contributed by atoms with Gasteiger partial charge in [-0.25, -0.2) is 0 Å². The lowest BCUT2D eigenvalue weighted by molar-refractivity contribution is -0.114. The van der Waals surface area contributed by atoms with Crippen molar-refractivity contribution in [2.24, 2.45) is 0 Å². The van der Waals surface area contributed by atoms with Crippen LogP contribution in [-0.2, 0) is 4.79 Å².